The van der Waals surface area contributed by atoms with E-state index in [4.69, 9.17) is 5.73 Å². The number of hydrogen-bond donors (Lipinski definition) is 1. The summed E-state index contributed by atoms with van der Waals surface area (Å²) in [5.41, 5.74) is 7.57. The van der Waals surface area contributed by atoms with Crippen LogP contribution in [-0.4, -0.2) is 16.3 Å². The zero-order valence-electron chi connectivity index (χ0n) is 8.34. The molecule has 0 aliphatic heterocycles. The molecule has 2 N–H and O–H groups in total. The quantitative estimate of drug-likeness (QED) is 0.775. The minimum atomic E-state index is -1.08. The molecule has 0 aliphatic carbocycles. The van der Waals surface area contributed by atoms with E-state index in [1.807, 2.05) is 20.8 Å². The summed E-state index contributed by atoms with van der Waals surface area (Å²) in [6, 6.07) is 0. The Morgan fingerprint density at radius 3 is 2.54 bits per heavy atom. The van der Waals surface area contributed by atoms with E-state index in [0.29, 0.717) is 5.56 Å². The van der Waals surface area contributed by atoms with E-state index >= 15 is 0 Å². The van der Waals surface area contributed by atoms with Gasteiger partial charge in [-0.1, -0.05) is 0 Å². The summed E-state index contributed by atoms with van der Waals surface area (Å²) in [6.07, 6.45) is -1.08. The van der Waals surface area contributed by atoms with Gasteiger partial charge >= 0.3 is 0 Å². The first-order chi connectivity index (χ1) is 6.11. The number of nitrogens with two attached hydrogens (primary N) is 1. The van der Waals surface area contributed by atoms with Crippen molar-refractivity contribution in [3.05, 3.63) is 17.0 Å². The molecule has 1 aromatic heterocycles. The van der Waals surface area contributed by atoms with Crippen LogP contribution in [0.4, 0.5) is 4.39 Å². The maximum absolute atomic E-state index is 13.4. The number of aryl methyl sites for hydroxylation is 2. The number of alkyl halides is 1. The summed E-state index contributed by atoms with van der Waals surface area (Å²) in [5.74, 6) is 0. The van der Waals surface area contributed by atoms with Crippen LogP contribution in [0.25, 0.3) is 0 Å². The average molecular weight is 185 g/mol. The van der Waals surface area contributed by atoms with Crippen LogP contribution in [0.1, 0.15) is 30.0 Å². The molecule has 74 valence electrons. The number of nitrogens with zero attached hydrogens (tertiary/aromatic N) is 2. The minimum Gasteiger partial charge on any atom is -0.327 e. The third-order valence-corrected chi connectivity index (χ3v) is 2.26. The number of rotatable bonds is 3. The lowest BCUT2D eigenvalue weighted by atomic mass is 10.1. The van der Waals surface area contributed by atoms with Crippen molar-refractivity contribution in [3.8, 4) is 0 Å². The van der Waals surface area contributed by atoms with Crippen molar-refractivity contribution in [2.24, 2.45) is 5.73 Å². The monoisotopic (exact) mass is 185 g/mol. The van der Waals surface area contributed by atoms with Crippen molar-refractivity contribution in [1.29, 1.82) is 0 Å². The fraction of sp³-hybridized carbons (Fsp3) is 0.667. The summed E-state index contributed by atoms with van der Waals surface area (Å²) < 4.78 is 15.2. The molecule has 0 saturated heterocycles. The number of aromatic nitrogens is 2. The van der Waals surface area contributed by atoms with Crippen LogP contribution in [0.2, 0.25) is 0 Å². The molecule has 0 amide bonds. The zero-order chi connectivity index (χ0) is 10.0. The Balaban J connectivity index is 3.12. The summed E-state index contributed by atoms with van der Waals surface area (Å²) in [4.78, 5) is 0. The molecular weight excluding hydrogens is 169 g/mol. The van der Waals surface area contributed by atoms with Crippen molar-refractivity contribution in [2.45, 2.75) is 33.5 Å². The van der Waals surface area contributed by atoms with E-state index in [0.717, 1.165) is 17.9 Å². The van der Waals surface area contributed by atoms with Crippen molar-refractivity contribution >= 4 is 0 Å². The standard InChI is InChI=1S/C9H16FN3/c1-4-13-7(3)9(6(2)12-13)8(10)5-11/h8H,4-5,11H2,1-3H3. The summed E-state index contributed by atoms with van der Waals surface area (Å²) in [5, 5.41) is 4.22. The molecule has 1 aromatic rings. The van der Waals surface area contributed by atoms with Gasteiger partial charge in [0.2, 0.25) is 0 Å². The lowest BCUT2D eigenvalue weighted by molar-refractivity contribution is 0.350. The van der Waals surface area contributed by atoms with Gasteiger partial charge < -0.3 is 5.73 Å². The third kappa shape index (κ3) is 1.72. The summed E-state index contributed by atoms with van der Waals surface area (Å²) >= 11 is 0. The van der Waals surface area contributed by atoms with Gasteiger partial charge in [0.1, 0.15) is 6.17 Å². The van der Waals surface area contributed by atoms with Gasteiger partial charge in [-0.25, -0.2) is 4.39 Å². The highest BCUT2D eigenvalue weighted by Gasteiger charge is 2.18. The van der Waals surface area contributed by atoms with Gasteiger partial charge in [0.15, 0.2) is 0 Å². The molecule has 3 nitrogen and oxygen atoms in total. The largest absolute Gasteiger partial charge is 0.327 e. The first kappa shape index (κ1) is 10.2. The molecular formula is C9H16FN3. The van der Waals surface area contributed by atoms with Crippen molar-refractivity contribution in [3.63, 3.8) is 0 Å². The van der Waals surface area contributed by atoms with Gasteiger partial charge in [0.05, 0.1) is 5.69 Å². The Kier molecular flexibility index (Phi) is 3.03. The first-order valence-electron chi connectivity index (χ1n) is 4.49. The number of hydrogen-bond acceptors (Lipinski definition) is 2. The highest BCUT2D eigenvalue weighted by atomic mass is 19.1. The lowest BCUT2D eigenvalue weighted by Crippen LogP contribution is -2.09. The molecule has 0 saturated carbocycles. The van der Waals surface area contributed by atoms with E-state index in [-0.39, 0.29) is 6.54 Å². The molecule has 0 radical (unpaired) electrons. The third-order valence-electron chi connectivity index (χ3n) is 2.26. The first-order valence-corrected chi connectivity index (χ1v) is 4.49. The predicted octanol–water partition coefficient (Wildman–Crippen LogP) is 1.49. The Labute approximate surface area is 77.7 Å². The van der Waals surface area contributed by atoms with Crippen LogP contribution in [0.5, 0.6) is 0 Å². The highest BCUT2D eigenvalue weighted by Crippen LogP contribution is 2.23. The van der Waals surface area contributed by atoms with Gasteiger partial charge in [-0.15, -0.1) is 0 Å². The fourth-order valence-electron chi connectivity index (χ4n) is 1.59. The van der Waals surface area contributed by atoms with Crippen LogP contribution in [-0.2, 0) is 6.54 Å². The van der Waals surface area contributed by atoms with Gasteiger partial charge in [-0.2, -0.15) is 5.10 Å². The average Bonchev–Trinajstić information content (AvgIpc) is 2.40. The molecule has 0 fully saturated rings. The maximum atomic E-state index is 13.4. The topological polar surface area (TPSA) is 43.8 Å². The molecule has 13 heavy (non-hydrogen) atoms. The molecule has 1 heterocycles. The number of halogens is 1. The van der Waals surface area contributed by atoms with Crippen LogP contribution >= 0.6 is 0 Å². The van der Waals surface area contributed by atoms with Crippen molar-refractivity contribution in [2.75, 3.05) is 6.54 Å². The van der Waals surface area contributed by atoms with Crippen LogP contribution in [0.15, 0.2) is 0 Å². The van der Waals surface area contributed by atoms with Crippen molar-refractivity contribution < 1.29 is 4.39 Å². The van der Waals surface area contributed by atoms with E-state index in [1.165, 1.54) is 0 Å². The fourth-order valence-corrected chi connectivity index (χ4v) is 1.59. The molecule has 4 heteroatoms. The Morgan fingerprint density at radius 2 is 2.15 bits per heavy atom. The second kappa shape index (κ2) is 3.87. The smallest absolute Gasteiger partial charge is 0.141 e. The normalized spacial score (nSPS) is 13.3. The Bertz CT molecular complexity index is 293. The molecule has 1 rings (SSSR count). The van der Waals surface area contributed by atoms with E-state index in [2.05, 4.69) is 5.10 Å². The van der Waals surface area contributed by atoms with Crippen LogP contribution < -0.4 is 5.73 Å². The summed E-state index contributed by atoms with van der Waals surface area (Å²) in [6.45, 7) is 6.47. The molecule has 1 unspecified atom stereocenters. The van der Waals surface area contributed by atoms with Gasteiger partial charge in [-0.3, -0.25) is 4.68 Å². The molecule has 0 bridgehead atoms. The van der Waals surface area contributed by atoms with E-state index < -0.39 is 6.17 Å². The van der Waals surface area contributed by atoms with Crippen LogP contribution in [0.3, 0.4) is 0 Å². The second-order valence-corrected chi connectivity index (χ2v) is 3.10. The zero-order valence-corrected chi connectivity index (χ0v) is 8.34. The van der Waals surface area contributed by atoms with Gasteiger partial charge in [0.25, 0.3) is 0 Å². The minimum absolute atomic E-state index is 0.0249. The highest BCUT2D eigenvalue weighted by molar-refractivity contribution is 5.27. The van der Waals surface area contributed by atoms with Crippen molar-refractivity contribution in [1.82, 2.24) is 9.78 Å². The maximum Gasteiger partial charge on any atom is 0.141 e. The van der Waals surface area contributed by atoms with E-state index in [9.17, 15) is 4.39 Å². The second-order valence-electron chi connectivity index (χ2n) is 3.10. The molecule has 1 atom stereocenters. The predicted molar refractivity (Wildman–Crippen MR) is 50.3 cm³/mol. The molecule has 0 aromatic carbocycles. The van der Waals surface area contributed by atoms with Gasteiger partial charge in [0, 0.05) is 24.3 Å². The van der Waals surface area contributed by atoms with E-state index in [1.54, 1.807) is 4.68 Å². The lowest BCUT2D eigenvalue weighted by Gasteiger charge is -2.05. The summed E-state index contributed by atoms with van der Waals surface area (Å²) in [7, 11) is 0. The Morgan fingerprint density at radius 1 is 1.54 bits per heavy atom. The molecule has 0 aliphatic rings. The SMILES string of the molecule is CCn1nc(C)c(C(F)CN)c1C. The van der Waals surface area contributed by atoms with Crippen LogP contribution in [0, 0.1) is 13.8 Å². The Hall–Kier alpha value is -0.900. The van der Waals surface area contributed by atoms with Gasteiger partial charge in [-0.05, 0) is 20.8 Å². The molecule has 0 spiro atoms.